The minimum atomic E-state index is -0.448. The number of carbonyl (C=O) groups is 2. The summed E-state index contributed by atoms with van der Waals surface area (Å²) in [4.78, 5) is 27.6. The van der Waals surface area contributed by atoms with Crippen LogP contribution >= 0.6 is 15.9 Å². The normalized spacial score (nSPS) is 19.7. The van der Waals surface area contributed by atoms with Crippen molar-refractivity contribution in [3.05, 3.63) is 63.9 Å². The first-order valence-electron chi connectivity index (χ1n) is 10.7. The van der Waals surface area contributed by atoms with E-state index >= 15 is 0 Å². The van der Waals surface area contributed by atoms with Crippen LogP contribution in [0.5, 0.6) is 0 Å². The zero-order valence-corrected chi connectivity index (χ0v) is 18.5. The maximum absolute atomic E-state index is 13.6. The Bertz CT molecular complexity index is 925. The Balaban J connectivity index is 1.67. The van der Waals surface area contributed by atoms with Gasteiger partial charge in [-0.25, -0.2) is 4.39 Å². The maximum Gasteiger partial charge on any atom is 0.244 e. The van der Waals surface area contributed by atoms with Crippen molar-refractivity contribution in [1.82, 2.24) is 4.90 Å². The maximum atomic E-state index is 13.6. The van der Waals surface area contributed by atoms with Gasteiger partial charge in [0, 0.05) is 22.1 Å². The Morgan fingerprint density at radius 2 is 1.83 bits per heavy atom. The quantitative estimate of drug-likeness (QED) is 0.609. The highest BCUT2D eigenvalue weighted by atomic mass is 79.9. The fraction of sp³-hybridized carbons (Fsp3) is 0.417. The molecule has 2 aromatic carbocycles. The monoisotopic (exact) mass is 472 g/mol. The van der Waals surface area contributed by atoms with Gasteiger partial charge in [0.05, 0.1) is 6.04 Å². The summed E-state index contributed by atoms with van der Waals surface area (Å²) in [6, 6.07) is 11.4. The van der Waals surface area contributed by atoms with Gasteiger partial charge in [0.2, 0.25) is 11.8 Å². The molecule has 4 nitrogen and oxygen atoms in total. The fourth-order valence-corrected chi connectivity index (χ4v) is 5.04. The Morgan fingerprint density at radius 1 is 1.10 bits per heavy atom. The number of halogens is 2. The summed E-state index contributed by atoms with van der Waals surface area (Å²) in [5, 5.41) is 2.92. The molecule has 0 spiro atoms. The summed E-state index contributed by atoms with van der Waals surface area (Å²) in [7, 11) is 0. The predicted molar refractivity (Wildman–Crippen MR) is 119 cm³/mol. The van der Waals surface area contributed by atoms with Gasteiger partial charge in [-0.05, 0) is 48.2 Å². The van der Waals surface area contributed by atoms with Crippen molar-refractivity contribution in [2.24, 2.45) is 5.92 Å². The number of rotatable bonds is 4. The van der Waals surface area contributed by atoms with Crippen LogP contribution in [0.4, 0.5) is 10.1 Å². The number of anilines is 1. The molecule has 30 heavy (non-hydrogen) atoms. The van der Waals surface area contributed by atoms with E-state index in [2.05, 4.69) is 21.2 Å². The molecule has 1 atom stereocenters. The Labute approximate surface area is 185 Å². The first-order valence-corrected chi connectivity index (χ1v) is 11.4. The molecular weight excluding hydrogens is 447 g/mol. The van der Waals surface area contributed by atoms with Crippen molar-refractivity contribution in [2.75, 3.05) is 11.9 Å². The number of nitrogens with zero attached hydrogens (tertiary/aromatic N) is 1. The molecule has 158 valence electrons. The molecule has 4 rings (SSSR count). The third kappa shape index (κ3) is 4.75. The standard InChI is InChI=1S/C24H26BrFN2O2/c25-18-9-12-21-20(14-18)24(17-7-10-19(26)11-8-17)28(15-22(29)27-21)23(30)13-6-16-4-2-1-3-5-16/h7-12,14,16,24H,1-6,13,15H2,(H,27,29)/t24-/m1/s1. The van der Waals surface area contributed by atoms with E-state index in [0.29, 0.717) is 18.0 Å². The molecule has 1 heterocycles. The minimum Gasteiger partial charge on any atom is -0.324 e. The summed E-state index contributed by atoms with van der Waals surface area (Å²) in [6.07, 6.45) is 7.43. The van der Waals surface area contributed by atoms with Crippen LogP contribution < -0.4 is 5.32 Å². The van der Waals surface area contributed by atoms with Crippen molar-refractivity contribution in [1.29, 1.82) is 0 Å². The van der Waals surface area contributed by atoms with Gasteiger partial charge < -0.3 is 10.2 Å². The molecule has 1 N–H and O–H groups in total. The summed E-state index contributed by atoms with van der Waals surface area (Å²) in [6.45, 7) is -0.0160. The lowest BCUT2D eigenvalue weighted by Gasteiger charge is -2.31. The molecule has 2 amide bonds. The number of benzene rings is 2. The first-order chi connectivity index (χ1) is 14.5. The zero-order valence-electron chi connectivity index (χ0n) is 16.9. The Kier molecular flexibility index (Phi) is 6.52. The van der Waals surface area contributed by atoms with Gasteiger partial charge in [0.15, 0.2) is 0 Å². The van der Waals surface area contributed by atoms with Crippen molar-refractivity contribution >= 4 is 33.4 Å². The number of carbonyl (C=O) groups excluding carboxylic acids is 2. The molecule has 1 saturated carbocycles. The van der Waals surface area contributed by atoms with Crippen LogP contribution in [-0.2, 0) is 9.59 Å². The van der Waals surface area contributed by atoms with Crippen molar-refractivity contribution in [3.8, 4) is 0 Å². The molecule has 2 aliphatic rings. The van der Waals surface area contributed by atoms with Crippen LogP contribution in [0.25, 0.3) is 0 Å². The molecule has 1 aliphatic carbocycles. The molecule has 0 saturated heterocycles. The number of hydrogen-bond acceptors (Lipinski definition) is 2. The van der Waals surface area contributed by atoms with Crippen molar-refractivity contribution < 1.29 is 14.0 Å². The number of fused-ring (bicyclic) bond motifs is 1. The molecule has 0 aromatic heterocycles. The number of hydrogen-bond donors (Lipinski definition) is 1. The number of nitrogens with one attached hydrogen (secondary N) is 1. The highest BCUT2D eigenvalue weighted by molar-refractivity contribution is 9.10. The van der Waals surface area contributed by atoms with E-state index in [-0.39, 0.29) is 24.2 Å². The summed E-state index contributed by atoms with van der Waals surface area (Å²) in [5.41, 5.74) is 2.30. The lowest BCUT2D eigenvalue weighted by Crippen LogP contribution is -2.39. The average molecular weight is 473 g/mol. The van der Waals surface area contributed by atoms with Crippen LogP contribution in [0, 0.1) is 11.7 Å². The van der Waals surface area contributed by atoms with E-state index in [1.165, 1.54) is 44.2 Å². The topological polar surface area (TPSA) is 49.4 Å². The van der Waals surface area contributed by atoms with Crippen molar-refractivity contribution in [3.63, 3.8) is 0 Å². The molecular formula is C24H26BrFN2O2. The second-order valence-electron chi connectivity index (χ2n) is 8.30. The third-order valence-electron chi connectivity index (χ3n) is 6.21. The first kappa shape index (κ1) is 21.0. The zero-order chi connectivity index (χ0) is 21.1. The second-order valence-corrected chi connectivity index (χ2v) is 9.21. The van der Waals surface area contributed by atoms with Gasteiger partial charge >= 0.3 is 0 Å². The summed E-state index contributed by atoms with van der Waals surface area (Å²) < 4.78 is 14.4. The van der Waals surface area contributed by atoms with Crippen LogP contribution in [0.1, 0.15) is 62.1 Å². The highest BCUT2D eigenvalue weighted by Gasteiger charge is 2.33. The van der Waals surface area contributed by atoms with E-state index in [1.807, 2.05) is 18.2 Å². The molecule has 1 fully saturated rings. The van der Waals surface area contributed by atoms with Gasteiger partial charge in [-0.1, -0.05) is 60.2 Å². The molecule has 1 aliphatic heterocycles. The van der Waals surface area contributed by atoms with Gasteiger partial charge in [-0.2, -0.15) is 0 Å². The average Bonchev–Trinajstić information content (AvgIpc) is 2.89. The number of amides is 2. The van der Waals surface area contributed by atoms with Crippen LogP contribution in [0.15, 0.2) is 46.9 Å². The van der Waals surface area contributed by atoms with E-state index in [0.717, 1.165) is 22.0 Å². The SMILES string of the molecule is O=C1CN(C(=O)CCC2CCCCC2)[C@H](c2ccc(F)cc2)c2cc(Br)ccc2N1. The summed E-state index contributed by atoms with van der Waals surface area (Å²) in [5.74, 6) is 0.0208. The fourth-order valence-electron chi connectivity index (χ4n) is 4.66. The molecule has 0 radical (unpaired) electrons. The largest absolute Gasteiger partial charge is 0.324 e. The Hall–Kier alpha value is -2.21. The van der Waals surface area contributed by atoms with Crippen LogP contribution in [-0.4, -0.2) is 23.3 Å². The lowest BCUT2D eigenvalue weighted by atomic mass is 9.86. The van der Waals surface area contributed by atoms with E-state index in [4.69, 9.17) is 0 Å². The minimum absolute atomic E-state index is 0.0160. The predicted octanol–water partition coefficient (Wildman–Crippen LogP) is 5.82. The van der Waals surface area contributed by atoms with Gasteiger partial charge in [-0.3, -0.25) is 9.59 Å². The third-order valence-corrected chi connectivity index (χ3v) is 6.70. The summed E-state index contributed by atoms with van der Waals surface area (Å²) >= 11 is 3.51. The molecule has 2 aromatic rings. The van der Waals surface area contributed by atoms with Gasteiger partial charge in [-0.15, -0.1) is 0 Å². The van der Waals surface area contributed by atoms with Gasteiger partial charge in [0.25, 0.3) is 0 Å². The highest BCUT2D eigenvalue weighted by Crippen LogP contribution is 2.38. The van der Waals surface area contributed by atoms with E-state index in [1.54, 1.807) is 17.0 Å². The smallest absolute Gasteiger partial charge is 0.244 e. The van der Waals surface area contributed by atoms with E-state index < -0.39 is 6.04 Å². The molecule has 0 bridgehead atoms. The second kappa shape index (κ2) is 9.29. The van der Waals surface area contributed by atoms with Gasteiger partial charge in [0.1, 0.15) is 12.4 Å². The molecule has 6 heteroatoms. The van der Waals surface area contributed by atoms with Crippen LogP contribution in [0.2, 0.25) is 0 Å². The Morgan fingerprint density at radius 3 is 2.57 bits per heavy atom. The van der Waals surface area contributed by atoms with E-state index in [9.17, 15) is 14.0 Å². The van der Waals surface area contributed by atoms with Crippen molar-refractivity contribution in [2.45, 2.75) is 51.0 Å². The van der Waals surface area contributed by atoms with Crippen LogP contribution in [0.3, 0.4) is 0 Å². The lowest BCUT2D eigenvalue weighted by molar-refractivity contribution is -0.136. The molecule has 0 unspecified atom stereocenters.